The van der Waals surface area contributed by atoms with E-state index in [0.29, 0.717) is 0 Å². The fourth-order valence-corrected chi connectivity index (χ4v) is 0. The second kappa shape index (κ2) is 1650000. The summed E-state index contributed by atoms with van der Waals surface area (Å²) in [5.74, 6) is 0. The molecule has 0 saturated heterocycles. The Balaban J connectivity index is -0.00000000321. The zero-order valence-corrected chi connectivity index (χ0v) is 16.4. The van der Waals surface area contributed by atoms with Crippen molar-refractivity contribution in [1.82, 2.24) is 0 Å². The first-order valence-electron chi connectivity index (χ1n) is 3.10. The van der Waals surface area contributed by atoms with Crippen LogP contribution in [0.2, 0.25) is 0 Å². The maximum atomic E-state index is 6.50. The van der Waals surface area contributed by atoms with Crippen molar-refractivity contribution in [2.75, 3.05) is 0 Å². The summed E-state index contributed by atoms with van der Waals surface area (Å²) in [5, 5.41) is 78.0. The van der Waals surface area contributed by atoms with Crippen LogP contribution in [-0.2, 0) is 34.1 Å². The Bertz CT molecular complexity index is 241. The van der Waals surface area contributed by atoms with Crippen molar-refractivity contribution in [3.63, 3.8) is 0 Å². The zero-order valence-electron chi connectivity index (χ0n) is 13.4. The molecule has 0 heterocycles. The normalized spacial score (nSPS) is 0.800. The quantitative estimate of drug-likeness (QED) is 0.339. The number of nitrogens with zero attached hydrogens (tertiary/aromatic N) is 12. The van der Waals surface area contributed by atoms with Crippen molar-refractivity contribution < 1.29 is 34.1 Å². The molecular formula is C12H16ClFe2K3N12. The topological polar surface area (TPSA) is 285 Å². The van der Waals surface area contributed by atoms with Crippen LogP contribution in [0.25, 0.3) is 0 Å². The van der Waals surface area contributed by atoms with E-state index in [1.165, 1.54) is 0 Å². The molecule has 0 unspecified atom stereocenters. The van der Waals surface area contributed by atoms with Crippen LogP contribution in [0.15, 0.2) is 0 Å². The van der Waals surface area contributed by atoms with Crippen molar-refractivity contribution in [2.24, 2.45) is 0 Å². The molecule has 0 fully saturated rings. The van der Waals surface area contributed by atoms with E-state index in [2.05, 4.69) is 78.9 Å². The fraction of sp³-hybridized carbons (Fsp3) is 0. The van der Waals surface area contributed by atoms with Gasteiger partial charge in [-0.3, -0.25) is 0 Å². The van der Waals surface area contributed by atoms with Crippen molar-refractivity contribution in [1.29, 1.82) is 63.1 Å². The van der Waals surface area contributed by atoms with Gasteiger partial charge in [0, 0.05) is 113 Å². The molecule has 150 valence electrons. The number of halogens is 1. The summed E-state index contributed by atoms with van der Waals surface area (Å²) in [6.45, 7) is 42.0. The monoisotopic (exact) mass is 592 g/mol. The van der Waals surface area contributed by atoms with Gasteiger partial charge >= 0.3 is 154 Å². The Morgan fingerprint density at radius 2 is 0.200 bits per heavy atom. The summed E-state index contributed by atoms with van der Waals surface area (Å²) in [6, 6.07) is 0. The van der Waals surface area contributed by atoms with Gasteiger partial charge in [-0.1, -0.05) is 0 Å². The van der Waals surface area contributed by atoms with Gasteiger partial charge < -0.3 is 0 Å². The van der Waals surface area contributed by atoms with Crippen LogP contribution in [0.4, 0.5) is 0 Å². The molecule has 0 rings (SSSR count). The van der Waals surface area contributed by atoms with E-state index in [9.17, 15) is 0 Å². The van der Waals surface area contributed by atoms with Gasteiger partial charge in [0.05, 0.1) is 0 Å². The molecule has 0 N–H and O–H groups in total. The summed E-state index contributed by atoms with van der Waals surface area (Å²) in [7, 11) is 0. The van der Waals surface area contributed by atoms with Crippen molar-refractivity contribution in [3.8, 4) is 78.9 Å². The Kier molecular flexibility index (Phi) is 9580000. The van der Waals surface area contributed by atoms with Crippen LogP contribution < -0.4 is 0 Å². The van der Waals surface area contributed by atoms with E-state index < -0.39 is 0 Å². The van der Waals surface area contributed by atoms with Gasteiger partial charge in [0.15, 0.2) is 0 Å². The number of hydrogen-bond donors (Lipinski definition) is 0. The van der Waals surface area contributed by atoms with Crippen molar-refractivity contribution in [3.05, 3.63) is 0 Å². The van der Waals surface area contributed by atoms with E-state index in [-0.39, 0.29) is 201 Å². The predicted octanol–water partition coefficient (Wildman–Crippen LogP) is 0.149. The second-order valence-electron chi connectivity index (χ2n) is 0. The van der Waals surface area contributed by atoms with Crippen LogP contribution in [0, 0.1) is 142 Å². The van der Waals surface area contributed by atoms with Gasteiger partial charge in [-0.25, -0.2) is 63.1 Å². The summed E-state index contributed by atoms with van der Waals surface area (Å²) < 4.78 is 0. The summed E-state index contributed by atoms with van der Waals surface area (Å²) in [4.78, 5) is 0. The molecule has 0 aromatic carbocycles. The molecule has 0 spiro atoms. The van der Waals surface area contributed by atoms with E-state index in [1.807, 2.05) is 0 Å². The Morgan fingerprint density at radius 3 is 0.200 bits per heavy atom. The predicted molar refractivity (Wildman–Crippen MR) is 109 cm³/mol. The van der Waals surface area contributed by atoms with Gasteiger partial charge in [0.2, 0.25) is 0 Å². The van der Waals surface area contributed by atoms with E-state index in [1.54, 1.807) is 0 Å². The van der Waals surface area contributed by atoms with E-state index >= 15 is 0 Å². The van der Waals surface area contributed by atoms with Crippen LogP contribution in [0.3, 0.4) is 0 Å². The van der Waals surface area contributed by atoms with E-state index in [0.717, 1.165) is 0 Å². The minimum absolute atomic E-state index is 0. The summed E-state index contributed by atoms with van der Waals surface area (Å²) in [5.41, 5.74) is 0. The van der Waals surface area contributed by atoms with Crippen LogP contribution in [0.5, 0.6) is 0 Å². The Hall–Kier alpha value is 0.118. The zero-order chi connectivity index (χ0) is 24.0. The molecule has 0 aliphatic rings. The van der Waals surface area contributed by atoms with Crippen LogP contribution in [0.1, 0.15) is 0 Å². The molecule has 12 nitrogen and oxygen atoms in total. The van der Waals surface area contributed by atoms with Gasteiger partial charge in [0.25, 0.3) is 0 Å². The third-order valence-corrected chi connectivity index (χ3v) is 0. The van der Waals surface area contributed by atoms with Gasteiger partial charge in [-0.05, 0) is 0 Å². The third kappa shape index (κ3) is 1480000. The molecule has 0 amide bonds. The standard InChI is InChI=1S/12CHN.ClH.2Fe.3K.3H/c12*1-2;;;;;;;;;/h12*1H;1H;;;;;;;;. The first-order chi connectivity index (χ1) is 12.0. The average molecular weight is 593 g/mol. The first-order valence-corrected chi connectivity index (χ1v) is 3.10. The Morgan fingerprint density at radius 1 is 0.200 bits per heavy atom. The average Bonchev–Trinajstić information content (AvgIpc) is 2.84. The molecule has 0 aliphatic heterocycles. The maximum absolute atomic E-state index is 6.50. The molecule has 0 aliphatic carbocycles. The first kappa shape index (κ1) is 174. The van der Waals surface area contributed by atoms with Crippen molar-refractivity contribution >= 4 is 167 Å². The Labute approximate surface area is 335 Å². The van der Waals surface area contributed by atoms with E-state index in [4.69, 9.17) is 63.1 Å². The molecule has 0 radical (unpaired) electrons. The molecule has 0 bridgehead atoms. The summed E-state index contributed by atoms with van der Waals surface area (Å²) in [6.07, 6.45) is 0. The van der Waals surface area contributed by atoms with Crippen molar-refractivity contribution in [2.45, 2.75) is 0 Å². The molecular weight excluding hydrogens is 577 g/mol. The number of nitriles is 12. The summed E-state index contributed by atoms with van der Waals surface area (Å²) >= 11 is 0. The molecule has 0 aromatic rings. The molecule has 30 heavy (non-hydrogen) atoms. The third-order valence-electron chi connectivity index (χ3n) is 0. The molecule has 18 heteroatoms. The van der Waals surface area contributed by atoms with Crippen LogP contribution in [-0.4, -0.2) is 154 Å². The second-order valence-corrected chi connectivity index (χ2v) is 0. The molecule has 0 saturated carbocycles. The van der Waals surface area contributed by atoms with Gasteiger partial charge in [-0.2, -0.15) is 0 Å². The number of rotatable bonds is 0. The van der Waals surface area contributed by atoms with Gasteiger partial charge in [0.1, 0.15) is 0 Å². The van der Waals surface area contributed by atoms with Crippen LogP contribution >= 0.6 is 12.4 Å². The minimum atomic E-state index is 0. The fourth-order valence-electron chi connectivity index (χ4n) is 0. The molecule has 0 atom stereocenters. The molecule has 0 aromatic heterocycles. The SMILES string of the molecule is C#N.C#N.C#N.C#N.C#N.C#N.C#N.C#N.C#N.C#N.C#N.C#N.Cl.[Fe].[Fe].[KH].[KH].[KH]. The number of hydrogen-bond acceptors (Lipinski definition) is 12. The van der Waals surface area contributed by atoms with Gasteiger partial charge in [-0.15, -0.1) is 12.4 Å².